The first-order chi connectivity index (χ1) is 16.6. The second-order valence-corrected chi connectivity index (χ2v) is 9.15. The Hall–Kier alpha value is -3.70. The quantitative estimate of drug-likeness (QED) is 0.356. The van der Waals surface area contributed by atoms with E-state index in [4.69, 9.17) is 9.72 Å². The predicted molar refractivity (Wildman–Crippen MR) is 134 cm³/mol. The van der Waals surface area contributed by atoms with Crippen molar-refractivity contribution < 1.29 is 4.74 Å². The van der Waals surface area contributed by atoms with E-state index in [0.717, 1.165) is 48.7 Å². The topological polar surface area (TPSA) is 117 Å². The zero-order valence-corrected chi connectivity index (χ0v) is 19.6. The summed E-state index contributed by atoms with van der Waals surface area (Å²) in [6.45, 7) is 5.16. The SMILES string of the molecule is CC(Nc1c(-c2nc3ccc(N4CCOCC4)cc3[nH]2)c(=O)[nH]c2cn(C)nc12)c1cscn1. The molecule has 1 aliphatic rings. The summed E-state index contributed by atoms with van der Waals surface area (Å²) in [4.78, 5) is 31.1. The van der Waals surface area contributed by atoms with Crippen molar-refractivity contribution >= 4 is 44.8 Å². The summed E-state index contributed by atoms with van der Waals surface area (Å²) in [5.74, 6) is 0.496. The number of fused-ring (bicyclic) bond motifs is 2. The van der Waals surface area contributed by atoms with Crippen molar-refractivity contribution in [1.29, 1.82) is 0 Å². The van der Waals surface area contributed by atoms with E-state index in [1.165, 1.54) is 11.3 Å². The number of nitrogens with one attached hydrogen (secondary N) is 3. The van der Waals surface area contributed by atoms with Gasteiger partial charge in [0.1, 0.15) is 16.9 Å². The number of aryl methyl sites for hydroxylation is 1. The summed E-state index contributed by atoms with van der Waals surface area (Å²) in [6.07, 6.45) is 1.80. The number of aromatic nitrogens is 6. The Morgan fingerprint density at radius 3 is 2.85 bits per heavy atom. The van der Waals surface area contributed by atoms with Gasteiger partial charge in [-0.3, -0.25) is 9.48 Å². The fourth-order valence-electron chi connectivity index (χ4n) is 4.41. The molecule has 1 saturated heterocycles. The highest BCUT2D eigenvalue weighted by Crippen LogP contribution is 2.33. The van der Waals surface area contributed by atoms with E-state index in [0.29, 0.717) is 28.1 Å². The number of hydrogen-bond donors (Lipinski definition) is 3. The van der Waals surface area contributed by atoms with Crippen LogP contribution in [0.25, 0.3) is 33.5 Å². The van der Waals surface area contributed by atoms with E-state index in [1.54, 1.807) is 16.4 Å². The molecule has 5 heterocycles. The first-order valence-electron chi connectivity index (χ1n) is 11.1. The van der Waals surface area contributed by atoms with Gasteiger partial charge in [-0.1, -0.05) is 0 Å². The molecule has 4 aromatic heterocycles. The minimum atomic E-state index is -0.235. The predicted octanol–water partition coefficient (Wildman–Crippen LogP) is 3.27. The van der Waals surface area contributed by atoms with Crippen LogP contribution in [-0.2, 0) is 11.8 Å². The van der Waals surface area contributed by atoms with Crippen LogP contribution < -0.4 is 15.8 Å². The van der Waals surface area contributed by atoms with Crippen molar-refractivity contribution in [2.45, 2.75) is 13.0 Å². The fourth-order valence-corrected chi connectivity index (χ4v) is 5.06. The lowest BCUT2D eigenvalue weighted by atomic mass is 10.1. The maximum atomic E-state index is 13.3. The number of pyridine rings is 1. The molecule has 34 heavy (non-hydrogen) atoms. The second-order valence-electron chi connectivity index (χ2n) is 8.43. The fraction of sp³-hybridized carbons (Fsp3) is 0.304. The van der Waals surface area contributed by atoms with Crippen LogP contribution in [0.1, 0.15) is 18.7 Å². The number of thiazole rings is 1. The first kappa shape index (κ1) is 20.9. The summed E-state index contributed by atoms with van der Waals surface area (Å²) in [5, 5.41) is 10.1. The molecule has 174 valence electrons. The minimum absolute atomic E-state index is 0.116. The molecule has 0 radical (unpaired) electrons. The van der Waals surface area contributed by atoms with Crippen molar-refractivity contribution in [2.75, 3.05) is 36.5 Å². The Morgan fingerprint density at radius 2 is 2.06 bits per heavy atom. The Balaban J connectivity index is 1.48. The van der Waals surface area contributed by atoms with E-state index < -0.39 is 0 Å². The first-order valence-corrected chi connectivity index (χ1v) is 12.1. The van der Waals surface area contributed by atoms with E-state index in [1.807, 2.05) is 25.4 Å². The van der Waals surface area contributed by atoms with Gasteiger partial charge in [0.2, 0.25) is 0 Å². The highest BCUT2D eigenvalue weighted by atomic mass is 32.1. The normalized spacial score (nSPS) is 15.3. The summed E-state index contributed by atoms with van der Waals surface area (Å²) in [6, 6.07) is 6.01. The van der Waals surface area contributed by atoms with Crippen molar-refractivity contribution in [3.05, 3.63) is 51.3 Å². The average Bonchev–Trinajstić information content (AvgIpc) is 3.58. The van der Waals surface area contributed by atoms with Crippen LogP contribution in [0, 0.1) is 0 Å². The molecule has 0 bridgehead atoms. The number of hydrogen-bond acceptors (Lipinski definition) is 8. The number of benzene rings is 1. The molecular weight excluding hydrogens is 452 g/mol. The molecule has 10 nitrogen and oxygen atoms in total. The number of ether oxygens (including phenoxy) is 1. The highest BCUT2D eigenvalue weighted by Gasteiger charge is 2.22. The maximum absolute atomic E-state index is 13.3. The van der Waals surface area contributed by atoms with Gasteiger partial charge in [0.15, 0.2) is 0 Å². The molecule has 6 rings (SSSR count). The van der Waals surface area contributed by atoms with Crippen LogP contribution in [0.5, 0.6) is 0 Å². The van der Waals surface area contributed by atoms with Crippen LogP contribution in [0.4, 0.5) is 11.4 Å². The van der Waals surface area contributed by atoms with E-state index in [-0.39, 0.29) is 11.6 Å². The third kappa shape index (κ3) is 3.62. The molecular formula is C23H24N8O2S. The van der Waals surface area contributed by atoms with E-state index in [9.17, 15) is 4.79 Å². The van der Waals surface area contributed by atoms with Crippen LogP contribution in [0.3, 0.4) is 0 Å². The number of H-pyrrole nitrogens is 2. The zero-order chi connectivity index (χ0) is 23.2. The molecule has 0 amide bonds. The number of anilines is 2. The number of imidazole rings is 1. The van der Waals surface area contributed by atoms with Gasteiger partial charge in [0, 0.05) is 37.4 Å². The van der Waals surface area contributed by atoms with Crippen LogP contribution in [-0.4, -0.2) is 56.0 Å². The smallest absolute Gasteiger partial charge is 0.261 e. The van der Waals surface area contributed by atoms with E-state index in [2.05, 4.69) is 42.4 Å². The molecule has 1 aliphatic heterocycles. The Bertz CT molecular complexity index is 1530. The molecule has 0 aliphatic carbocycles. The number of rotatable bonds is 5. The summed E-state index contributed by atoms with van der Waals surface area (Å²) < 4.78 is 7.16. The Kier molecular flexibility index (Phi) is 5.07. The third-order valence-electron chi connectivity index (χ3n) is 6.13. The summed E-state index contributed by atoms with van der Waals surface area (Å²) in [5.41, 5.74) is 7.64. The Morgan fingerprint density at radius 1 is 1.21 bits per heavy atom. The lowest BCUT2D eigenvalue weighted by molar-refractivity contribution is 0.122. The second kappa shape index (κ2) is 8.26. The van der Waals surface area contributed by atoms with Crippen LogP contribution in [0.2, 0.25) is 0 Å². The monoisotopic (exact) mass is 476 g/mol. The third-order valence-corrected chi connectivity index (χ3v) is 6.73. The number of nitrogens with zero attached hydrogens (tertiary/aromatic N) is 5. The molecule has 1 atom stereocenters. The average molecular weight is 477 g/mol. The molecule has 0 saturated carbocycles. The standard InChI is InChI=1S/C23H24N8O2S/c1-13(18-11-34-12-24-18)25-21-19(23(32)28-17-10-30(2)29-20(17)21)22-26-15-4-3-14(9-16(15)27-22)31-5-7-33-8-6-31/h3-4,9-13,25H,5-8H2,1-2H3,(H,26,27)(H,28,32). The zero-order valence-electron chi connectivity index (χ0n) is 18.8. The van der Waals surface area contributed by atoms with Crippen LogP contribution >= 0.6 is 11.3 Å². The van der Waals surface area contributed by atoms with Gasteiger partial charge >= 0.3 is 0 Å². The van der Waals surface area contributed by atoms with Gasteiger partial charge in [-0.15, -0.1) is 11.3 Å². The van der Waals surface area contributed by atoms with Gasteiger partial charge in [0.25, 0.3) is 5.56 Å². The van der Waals surface area contributed by atoms with Crippen LogP contribution in [0.15, 0.2) is 40.1 Å². The van der Waals surface area contributed by atoms with Gasteiger partial charge in [-0.2, -0.15) is 5.10 Å². The molecule has 5 aromatic rings. The largest absolute Gasteiger partial charge is 0.378 e. The lowest BCUT2D eigenvalue weighted by Crippen LogP contribution is -2.36. The van der Waals surface area contributed by atoms with Crippen molar-refractivity contribution in [3.63, 3.8) is 0 Å². The molecule has 11 heteroatoms. The lowest BCUT2D eigenvalue weighted by Gasteiger charge is -2.28. The minimum Gasteiger partial charge on any atom is -0.378 e. The molecule has 1 unspecified atom stereocenters. The van der Waals surface area contributed by atoms with Gasteiger partial charge in [0.05, 0.1) is 52.7 Å². The maximum Gasteiger partial charge on any atom is 0.261 e. The number of morpholine rings is 1. The van der Waals surface area contributed by atoms with Crippen molar-refractivity contribution in [2.24, 2.45) is 7.05 Å². The van der Waals surface area contributed by atoms with Crippen molar-refractivity contribution in [1.82, 2.24) is 29.7 Å². The highest BCUT2D eigenvalue weighted by molar-refractivity contribution is 7.07. The summed E-state index contributed by atoms with van der Waals surface area (Å²) in [7, 11) is 1.83. The van der Waals surface area contributed by atoms with Gasteiger partial charge in [-0.25, -0.2) is 9.97 Å². The molecule has 3 N–H and O–H groups in total. The van der Waals surface area contributed by atoms with Gasteiger partial charge < -0.3 is 24.9 Å². The van der Waals surface area contributed by atoms with Crippen molar-refractivity contribution in [3.8, 4) is 11.4 Å². The molecule has 0 spiro atoms. The molecule has 1 fully saturated rings. The summed E-state index contributed by atoms with van der Waals surface area (Å²) >= 11 is 1.54. The van der Waals surface area contributed by atoms with E-state index >= 15 is 0 Å². The number of aromatic amines is 2. The Labute approximate surface area is 198 Å². The molecule has 1 aromatic carbocycles. The van der Waals surface area contributed by atoms with Gasteiger partial charge in [-0.05, 0) is 25.1 Å².